The lowest BCUT2D eigenvalue weighted by molar-refractivity contribution is 0.329. The van der Waals surface area contributed by atoms with Gasteiger partial charge < -0.3 is 11.1 Å². The van der Waals surface area contributed by atoms with E-state index in [0.717, 1.165) is 12.5 Å². The van der Waals surface area contributed by atoms with Crippen molar-refractivity contribution in [3.05, 3.63) is 35.9 Å². The Morgan fingerprint density at radius 1 is 1.12 bits per heavy atom. The first-order valence-corrected chi connectivity index (χ1v) is 6.88. The summed E-state index contributed by atoms with van der Waals surface area (Å²) in [5.41, 5.74) is 7.17. The molecule has 0 amide bonds. The van der Waals surface area contributed by atoms with Crippen LogP contribution >= 0.6 is 0 Å². The maximum atomic E-state index is 5.86. The maximum Gasteiger partial charge on any atom is 0.0444 e. The summed E-state index contributed by atoms with van der Waals surface area (Å²) < 4.78 is 0. The van der Waals surface area contributed by atoms with Crippen LogP contribution in [-0.4, -0.2) is 13.1 Å². The van der Waals surface area contributed by atoms with Crippen molar-refractivity contribution >= 4 is 0 Å². The summed E-state index contributed by atoms with van der Waals surface area (Å²) in [5.74, 6) is 0.863. The van der Waals surface area contributed by atoms with Crippen molar-refractivity contribution in [1.29, 1.82) is 0 Å². The molecule has 1 aliphatic carbocycles. The second kappa shape index (κ2) is 6.77. The number of benzene rings is 1. The Balaban J connectivity index is 1.83. The van der Waals surface area contributed by atoms with E-state index in [0.29, 0.717) is 12.6 Å². The van der Waals surface area contributed by atoms with E-state index in [9.17, 15) is 0 Å². The van der Waals surface area contributed by atoms with Crippen LogP contribution in [0.3, 0.4) is 0 Å². The standard InChI is InChI=1S/C15H24N2/c16-11-15(14-9-5-2-6-10-14)17-12-13-7-3-1-4-8-13/h2,5-6,9-10,13,15,17H,1,3-4,7-8,11-12,16H2. The second-order valence-electron chi connectivity index (χ2n) is 5.11. The van der Waals surface area contributed by atoms with Crippen molar-refractivity contribution in [2.75, 3.05) is 13.1 Å². The number of nitrogens with one attached hydrogen (secondary N) is 1. The van der Waals surface area contributed by atoms with Gasteiger partial charge in [0.1, 0.15) is 0 Å². The van der Waals surface area contributed by atoms with Gasteiger partial charge in [-0.25, -0.2) is 0 Å². The van der Waals surface area contributed by atoms with Gasteiger partial charge in [-0.1, -0.05) is 49.6 Å². The predicted octanol–water partition coefficient (Wildman–Crippen LogP) is 2.86. The predicted molar refractivity (Wildman–Crippen MR) is 72.8 cm³/mol. The van der Waals surface area contributed by atoms with E-state index in [1.165, 1.54) is 37.7 Å². The molecule has 0 spiro atoms. The minimum atomic E-state index is 0.318. The first-order chi connectivity index (χ1) is 8.40. The summed E-state index contributed by atoms with van der Waals surface area (Å²) in [6.07, 6.45) is 7.02. The van der Waals surface area contributed by atoms with Gasteiger partial charge in [-0.3, -0.25) is 0 Å². The van der Waals surface area contributed by atoms with Crippen molar-refractivity contribution in [2.45, 2.75) is 38.1 Å². The Bertz CT molecular complexity index is 304. The average molecular weight is 232 g/mol. The van der Waals surface area contributed by atoms with Crippen LogP contribution in [0.1, 0.15) is 43.7 Å². The molecule has 1 aromatic rings. The smallest absolute Gasteiger partial charge is 0.0444 e. The summed E-state index contributed by atoms with van der Waals surface area (Å²) in [7, 11) is 0. The van der Waals surface area contributed by atoms with E-state index in [4.69, 9.17) is 5.73 Å². The van der Waals surface area contributed by atoms with Crippen molar-refractivity contribution in [1.82, 2.24) is 5.32 Å². The highest BCUT2D eigenvalue weighted by atomic mass is 14.9. The monoisotopic (exact) mass is 232 g/mol. The van der Waals surface area contributed by atoms with Crippen LogP contribution in [0.4, 0.5) is 0 Å². The summed E-state index contributed by atoms with van der Waals surface area (Å²) in [5, 5.41) is 3.63. The number of rotatable bonds is 5. The SMILES string of the molecule is NCC(NCC1CCCCC1)c1ccccc1. The molecule has 0 saturated heterocycles. The van der Waals surface area contributed by atoms with Crippen LogP contribution in [0.25, 0.3) is 0 Å². The molecule has 0 heterocycles. The molecule has 1 aromatic carbocycles. The van der Waals surface area contributed by atoms with Gasteiger partial charge in [0, 0.05) is 12.6 Å². The molecule has 1 aliphatic rings. The van der Waals surface area contributed by atoms with E-state index in [2.05, 4.69) is 35.6 Å². The molecule has 0 bridgehead atoms. The summed E-state index contributed by atoms with van der Waals surface area (Å²) >= 11 is 0. The van der Waals surface area contributed by atoms with Crippen LogP contribution in [0.5, 0.6) is 0 Å². The molecule has 0 radical (unpaired) electrons. The molecular formula is C15H24N2. The van der Waals surface area contributed by atoms with E-state index >= 15 is 0 Å². The minimum absolute atomic E-state index is 0.318. The number of hydrogen-bond donors (Lipinski definition) is 2. The van der Waals surface area contributed by atoms with Gasteiger partial charge in [-0.15, -0.1) is 0 Å². The molecule has 0 aliphatic heterocycles. The third-order valence-corrected chi connectivity index (χ3v) is 3.82. The first kappa shape index (κ1) is 12.6. The Kier molecular flexibility index (Phi) is 5.02. The lowest BCUT2D eigenvalue weighted by Gasteiger charge is -2.25. The minimum Gasteiger partial charge on any atom is -0.329 e. The van der Waals surface area contributed by atoms with Gasteiger partial charge in [0.2, 0.25) is 0 Å². The quantitative estimate of drug-likeness (QED) is 0.819. The lowest BCUT2D eigenvalue weighted by atomic mass is 9.89. The van der Waals surface area contributed by atoms with Crippen LogP contribution in [-0.2, 0) is 0 Å². The van der Waals surface area contributed by atoms with Crippen molar-refractivity contribution in [3.63, 3.8) is 0 Å². The molecule has 17 heavy (non-hydrogen) atoms. The van der Waals surface area contributed by atoms with Gasteiger partial charge in [-0.2, -0.15) is 0 Å². The van der Waals surface area contributed by atoms with E-state index in [1.54, 1.807) is 0 Å². The maximum absolute atomic E-state index is 5.86. The normalized spacial score (nSPS) is 19.1. The highest BCUT2D eigenvalue weighted by Crippen LogP contribution is 2.23. The van der Waals surface area contributed by atoms with E-state index in [-0.39, 0.29) is 0 Å². The van der Waals surface area contributed by atoms with Gasteiger partial charge in [0.05, 0.1) is 0 Å². The topological polar surface area (TPSA) is 38.0 Å². The highest BCUT2D eigenvalue weighted by molar-refractivity contribution is 5.19. The second-order valence-corrected chi connectivity index (χ2v) is 5.11. The van der Waals surface area contributed by atoms with Crippen LogP contribution < -0.4 is 11.1 Å². The van der Waals surface area contributed by atoms with Gasteiger partial charge in [0.25, 0.3) is 0 Å². The van der Waals surface area contributed by atoms with Crippen LogP contribution in [0, 0.1) is 5.92 Å². The summed E-state index contributed by atoms with van der Waals surface area (Å²) in [6.45, 7) is 1.80. The molecule has 2 rings (SSSR count). The van der Waals surface area contributed by atoms with Gasteiger partial charge in [0.15, 0.2) is 0 Å². The number of hydrogen-bond acceptors (Lipinski definition) is 2. The molecule has 2 nitrogen and oxygen atoms in total. The molecule has 3 N–H and O–H groups in total. The molecule has 0 aromatic heterocycles. The molecule has 94 valence electrons. The van der Waals surface area contributed by atoms with E-state index < -0.39 is 0 Å². The van der Waals surface area contributed by atoms with Crippen molar-refractivity contribution in [3.8, 4) is 0 Å². The zero-order valence-corrected chi connectivity index (χ0v) is 10.6. The average Bonchev–Trinajstić information content (AvgIpc) is 2.42. The van der Waals surface area contributed by atoms with Gasteiger partial charge >= 0.3 is 0 Å². The van der Waals surface area contributed by atoms with Crippen molar-refractivity contribution in [2.24, 2.45) is 11.7 Å². The molecule has 1 fully saturated rings. The van der Waals surface area contributed by atoms with Gasteiger partial charge in [-0.05, 0) is 30.9 Å². The van der Waals surface area contributed by atoms with Crippen LogP contribution in [0.15, 0.2) is 30.3 Å². The molecular weight excluding hydrogens is 208 g/mol. The summed E-state index contributed by atoms with van der Waals surface area (Å²) in [4.78, 5) is 0. The molecule has 1 atom stereocenters. The fourth-order valence-corrected chi connectivity index (χ4v) is 2.72. The Morgan fingerprint density at radius 2 is 1.82 bits per heavy atom. The third-order valence-electron chi connectivity index (χ3n) is 3.82. The Morgan fingerprint density at radius 3 is 2.47 bits per heavy atom. The lowest BCUT2D eigenvalue weighted by Crippen LogP contribution is -2.32. The molecule has 1 saturated carbocycles. The van der Waals surface area contributed by atoms with Crippen LogP contribution in [0.2, 0.25) is 0 Å². The highest BCUT2D eigenvalue weighted by Gasteiger charge is 2.15. The third kappa shape index (κ3) is 3.83. The molecule has 1 unspecified atom stereocenters. The largest absolute Gasteiger partial charge is 0.329 e. The Hall–Kier alpha value is -0.860. The fraction of sp³-hybridized carbons (Fsp3) is 0.600. The summed E-state index contributed by atoms with van der Waals surface area (Å²) in [6, 6.07) is 10.9. The zero-order chi connectivity index (χ0) is 11.9. The van der Waals surface area contributed by atoms with Crippen molar-refractivity contribution < 1.29 is 0 Å². The van der Waals surface area contributed by atoms with E-state index in [1.807, 2.05) is 0 Å². The fourth-order valence-electron chi connectivity index (χ4n) is 2.72. The Labute approximate surface area is 105 Å². The first-order valence-electron chi connectivity index (χ1n) is 6.88. The zero-order valence-electron chi connectivity index (χ0n) is 10.6. The number of nitrogens with two attached hydrogens (primary N) is 1. The molecule has 2 heteroatoms.